The normalized spacial score (nSPS) is 15.6. The minimum Gasteiger partial charge on any atom is -0.493 e. The van der Waals surface area contributed by atoms with Gasteiger partial charge in [-0.05, 0) is 36.6 Å². The van der Waals surface area contributed by atoms with Crippen LogP contribution in [0.1, 0.15) is 24.0 Å². The number of ether oxygens (including phenoxy) is 2. The molecule has 1 aliphatic heterocycles. The molecule has 0 radical (unpaired) electrons. The predicted octanol–water partition coefficient (Wildman–Crippen LogP) is 3.06. The van der Waals surface area contributed by atoms with Crippen LogP contribution in [-0.2, 0) is 11.3 Å². The van der Waals surface area contributed by atoms with E-state index in [1.54, 1.807) is 13.3 Å². The van der Waals surface area contributed by atoms with Crippen molar-refractivity contribution in [2.45, 2.75) is 25.4 Å². The van der Waals surface area contributed by atoms with Gasteiger partial charge in [0.1, 0.15) is 6.61 Å². The number of carbonyl (C=O) groups is 1. The molecule has 2 aromatic rings. The number of para-hydroxylation sites is 1. The summed E-state index contributed by atoms with van der Waals surface area (Å²) in [5, 5.41) is 0. The van der Waals surface area contributed by atoms with Gasteiger partial charge in [0.2, 0.25) is 0 Å². The quantitative estimate of drug-likeness (QED) is 0.842. The van der Waals surface area contributed by atoms with E-state index >= 15 is 0 Å². The van der Waals surface area contributed by atoms with Gasteiger partial charge in [-0.15, -0.1) is 0 Å². The summed E-state index contributed by atoms with van der Waals surface area (Å²) in [6.45, 7) is 0.849. The SMILES string of the molecule is COc1cccc2c1OCC(C(=O)N(Cc1cccnc1)C1CC1)=C2. The van der Waals surface area contributed by atoms with Crippen molar-refractivity contribution in [1.82, 2.24) is 9.88 Å². The monoisotopic (exact) mass is 336 g/mol. The lowest BCUT2D eigenvalue weighted by Crippen LogP contribution is -2.35. The summed E-state index contributed by atoms with van der Waals surface area (Å²) >= 11 is 0. The third-order valence-corrected chi connectivity index (χ3v) is 4.53. The highest BCUT2D eigenvalue weighted by Crippen LogP contribution is 2.37. The molecule has 4 rings (SSSR count). The topological polar surface area (TPSA) is 51.7 Å². The minimum absolute atomic E-state index is 0.0415. The molecule has 5 nitrogen and oxygen atoms in total. The highest BCUT2D eigenvalue weighted by Gasteiger charge is 2.35. The maximum Gasteiger partial charge on any atom is 0.253 e. The molecule has 1 fully saturated rings. The Bertz CT molecular complexity index is 813. The zero-order valence-corrected chi connectivity index (χ0v) is 14.1. The van der Waals surface area contributed by atoms with Gasteiger partial charge in [0, 0.05) is 30.5 Å². The van der Waals surface area contributed by atoms with Gasteiger partial charge in [0.05, 0.1) is 12.7 Å². The average Bonchev–Trinajstić information content (AvgIpc) is 3.50. The summed E-state index contributed by atoms with van der Waals surface area (Å²) in [7, 11) is 1.62. The van der Waals surface area contributed by atoms with Crippen LogP contribution in [-0.4, -0.2) is 35.5 Å². The van der Waals surface area contributed by atoms with Crippen LogP contribution in [0.4, 0.5) is 0 Å². The molecule has 1 aliphatic carbocycles. The van der Waals surface area contributed by atoms with Crippen LogP contribution in [0.25, 0.3) is 6.08 Å². The average molecular weight is 336 g/mol. The largest absolute Gasteiger partial charge is 0.493 e. The Morgan fingerprint density at radius 3 is 2.92 bits per heavy atom. The van der Waals surface area contributed by atoms with E-state index in [0.717, 1.165) is 24.0 Å². The smallest absolute Gasteiger partial charge is 0.253 e. The van der Waals surface area contributed by atoms with E-state index in [0.29, 0.717) is 29.7 Å². The number of nitrogens with zero attached hydrogens (tertiary/aromatic N) is 2. The molecule has 128 valence electrons. The first kappa shape index (κ1) is 15.7. The number of hydrogen-bond donors (Lipinski definition) is 0. The molecule has 0 bridgehead atoms. The molecule has 1 aromatic carbocycles. The lowest BCUT2D eigenvalue weighted by molar-refractivity contribution is -0.128. The van der Waals surface area contributed by atoms with Crippen molar-refractivity contribution in [1.29, 1.82) is 0 Å². The third kappa shape index (κ3) is 3.22. The zero-order chi connectivity index (χ0) is 17.2. The number of fused-ring (bicyclic) bond motifs is 1. The summed E-state index contributed by atoms with van der Waals surface area (Å²) in [6, 6.07) is 9.92. The molecule has 0 atom stereocenters. The fourth-order valence-electron chi connectivity index (χ4n) is 3.09. The predicted molar refractivity (Wildman–Crippen MR) is 94.3 cm³/mol. The Kier molecular flexibility index (Phi) is 4.14. The Balaban J connectivity index is 1.59. The summed E-state index contributed by atoms with van der Waals surface area (Å²) < 4.78 is 11.2. The zero-order valence-electron chi connectivity index (χ0n) is 14.1. The lowest BCUT2D eigenvalue weighted by Gasteiger charge is -2.26. The van der Waals surface area contributed by atoms with E-state index in [1.807, 2.05) is 47.5 Å². The van der Waals surface area contributed by atoms with Crippen LogP contribution in [0.5, 0.6) is 11.5 Å². The second-order valence-corrected chi connectivity index (χ2v) is 6.36. The Morgan fingerprint density at radius 1 is 1.32 bits per heavy atom. The van der Waals surface area contributed by atoms with E-state index in [1.165, 1.54) is 0 Å². The van der Waals surface area contributed by atoms with Crippen LogP contribution in [0.3, 0.4) is 0 Å². The number of benzene rings is 1. The summed E-state index contributed by atoms with van der Waals surface area (Å²) in [5.74, 6) is 1.43. The highest BCUT2D eigenvalue weighted by atomic mass is 16.5. The fraction of sp³-hybridized carbons (Fsp3) is 0.300. The molecular formula is C20H20N2O3. The Labute approximate surface area is 146 Å². The summed E-state index contributed by atoms with van der Waals surface area (Å²) in [4.78, 5) is 19.2. The van der Waals surface area contributed by atoms with Crippen LogP contribution in [0, 0.1) is 0 Å². The summed E-state index contributed by atoms with van der Waals surface area (Å²) in [5.41, 5.74) is 2.60. The Morgan fingerprint density at radius 2 is 2.20 bits per heavy atom. The molecule has 1 saturated carbocycles. The van der Waals surface area contributed by atoms with Crippen molar-refractivity contribution in [2.75, 3.05) is 13.7 Å². The van der Waals surface area contributed by atoms with Gasteiger partial charge in [-0.25, -0.2) is 0 Å². The van der Waals surface area contributed by atoms with Gasteiger partial charge >= 0.3 is 0 Å². The van der Waals surface area contributed by atoms with Crippen LogP contribution in [0.15, 0.2) is 48.3 Å². The first-order valence-electron chi connectivity index (χ1n) is 8.46. The van der Waals surface area contributed by atoms with Crippen LogP contribution >= 0.6 is 0 Å². The van der Waals surface area contributed by atoms with E-state index in [4.69, 9.17) is 9.47 Å². The van der Waals surface area contributed by atoms with Crippen molar-refractivity contribution in [3.63, 3.8) is 0 Å². The Hall–Kier alpha value is -2.82. The molecule has 5 heteroatoms. The highest BCUT2D eigenvalue weighted by molar-refractivity contribution is 5.99. The molecule has 0 N–H and O–H groups in total. The second-order valence-electron chi connectivity index (χ2n) is 6.36. The van der Waals surface area contributed by atoms with Crippen molar-refractivity contribution >= 4 is 12.0 Å². The van der Waals surface area contributed by atoms with Gasteiger partial charge in [0.25, 0.3) is 5.91 Å². The number of amides is 1. The molecule has 1 aromatic heterocycles. The first-order valence-corrected chi connectivity index (χ1v) is 8.46. The van der Waals surface area contributed by atoms with Crippen LogP contribution < -0.4 is 9.47 Å². The van der Waals surface area contributed by atoms with E-state index in [9.17, 15) is 4.79 Å². The van der Waals surface area contributed by atoms with Crippen molar-refractivity contribution < 1.29 is 14.3 Å². The van der Waals surface area contributed by atoms with Crippen molar-refractivity contribution in [3.05, 3.63) is 59.4 Å². The van der Waals surface area contributed by atoms with Crippen molar-refractivity contribution in [3.8, 4) is 11.5 Å². The molecular weight excluding hydrogens is 316 g/mol. The number of carbonyl (C=O) groups excluding carboxylic acids is 1. The molecule has 0 unspecified atom stereocenters. The van der Waals surface area contributed by atoms with Gasteiger partial charge in [0.15, 0.2) is 11.5 Å². The maximum atomic E-state index is 13.1. The van der Waals surface area contributed by atoms with E-state index < -0.39 is 0 Å². The first-order chi connectivity index (χ1) is 12.3. The standard InChI is InChI=1S/C20H20N2O3/c1-24-18-6-2-5-15-10-16(13-25-19(15)18)20(23)22(17-7-8-17)12-14-4-3-9-21-11-14/h2-6,9-11,17H,7-8,12-13H2,1H3. The molecule has 0 saturated heterocycles. The fourth-order valence-corrected chi connectivity index (χ4v) is 3.09. The van der Waals surface area contributed by atoms with Gasteiger partial charge in [-0.2, -0.15) is 0 Å². The second kappa shape index (κ2) is 6.59. The molecule has 25 heavy (non-hydrogen) atoms. The number of hydrogen-bond acceptors (Lipinski definition) is 4. The molecule has 2 aliphatic rings. The number of methoxy groups -OCH3 is 1. The van der Waals surface area contributed by atoms with Gasteiger partial charge in [-0.3, -0.25) is 9.78 Å². The lowest BCUT2D eigenvalue weighted by atomic mass is 10.1. The van der Waals surface area contributed by atoms with Gasteiger partial charge in [-0.1, -0.05) is 18.2 Å². The third-order valence-electron chi connectivity index (χ3n) is 4.53. The number of pyridine rings is 1. The number of aromatic nitrogens is 1. The van der Waals surface area contributed by atoms with E-state index in [2.05, 4.69) is 4.98 Å². The molecule has 2 heterocycles. The van der Waals surface area contributed by atoms with Gasteiger partial charge < -0.3 is 14.4 Å². The van der Waals surface area contributed by atoms with Crippen molar-refractivity contribution in [2.24, 2.45) is 0 Å². The summed E-state index contributed by atoms with van der Waals surface area (Å²) in [6.07, 6.45) is 7.60. The number of rotatable bonds is 5. The van der Waals surface area contributed by atoms with E-state index in [-0.39, 0.29) is 12.5 Å². The molecule has 1 amide bonds. The maximum absolute atomic E-state index is 13.1. The minimum atomic E-state index is 0.0415. The molecule has 0 spiro atoms. The van der Waals surface area contributed by atoms with Crippen LogP contribution in [0.2, 0.25) is 0 Å².